The van der Waals surface area contributed by atoms with Gasteiger partial charge in [-0.3, -0.25) is 10.8 Å². The van der Waals surface area contributed by atoms with Crippen LogP contribution in [-0.4, -0.2) is 4.98 Å². The van der Waals surface area contributed by atoms with E-state index in [1.165, 1.54) is 12.1 Å². The van der Waals surface area contributed by atoms with E-state index in [2.05, 4.69) is 10.4 Å². The van der Waals surface area contributed by atoms with Crippen molar-refractivity contribution in [3.63, 3.8) is 0 Å². The van der Waals surface area contributed by atoms with Crippen LogP contribution >= 0.6 is 0 Å². The first kappa shape index (κ1) is 13.7. The molecule has 106 valence electrons. The third-order valence-electron chi connectivity index (χ3n) is 3.67. The van der Waals surface area contributed by atoms with Crippen LogP contribution in [-0.2, 0) is 0 Å². The Morgan fingerprint density at radius 2 is 2.00 bits per heavy atom. The normalized spacial score (nSPS) is 12.5. The lowest BCUT2D eigenvalue weighted by molar-refractivity contribution is 0.612. The predicted octanol–water partition coefficient (Wildman–Crippen LogP) is 3.24. The number of halogens is 1. The summed E-state index contributed by atoms with van der Waals surface area (Å²) in [5.41, 5.74) is 6.53. The summed E-state index contributed by atoms with van der Waals surface area (Å²) in [7, 11) is 0. The van der Waals surface area contributed by atoms with E-state index in [-0.39, 0.29) is 11.9 Å². The van der Waals surface area contributed by atoms with Crippen LogP contribution < -0.4 is 11.3 Å². The standard InChI is InChI=1S/C17H16FN3/c1-11-9-14(18)6-7-15(11)17(21-19)13-5-4-12-3-2-8-20-16(12)10-13/h2-10,17,21H,19H2,1H3. The summed E-state index contributed by atoms with van der Waals surface area (Å²) < 4.78 is 13.3. The van der Waals surface area contributed by atoms with Crippen LogP contribution in [0.25, 0.3) is 10.9 Å². The summed E-state index contributed by atoms with van der Waals surface area (Å²) >= 11 is 0. The molecule has 0 amide bonds. The first-order chi connectivity index (χ1) is 10.2. The second kappa shape index (κ2) is 5.60. The van der Waals surface area contributed by atoms with Gasteiger partial charge in [0, 0.05) is 11.6 Å². The molecule has 1 heterocycles. The monoisotopic (exact) mass is 281 g/mol. The molecule has 0 saturated heterocycles. The van der Waals surface area contributed by atoms with Crippen LogP contribution in [0.15, 0.2) is 54.7 Å². The highest BCUT2D eigenvalue weighted by molar-refractivity contribution is 5.79. The SMILES string of the molecule is Cc1cc(F)ccc1C(NN)c1ccc2cccnc2c1. The second-order valence-electron chi connectivity index (χ2n) is 5.06. The van der Waals surface area contributed by atoms with E-state index in [1.54, 1.807) is 12.3 Å². The Kier molecular flexibility index (Phi) is 3.64. The van der Waals surface area contributed by atoms with E-state index in [4.69, 9.17) is 5.84 Å². The van der Waals surface area contributed by atoms with Crippen LogP contribution in [0.5, 0.6) is 0 Å². The molecule has 4 heteroatoms. The summed E-state index contributed by atoms with van der Waals surface area (Å²) in [5, 5.41) is 1.08. The van der Waals surface area contributed by atoms with Gasteiger partial charge < -0.3 is 0 Å². The molecule has 0 spiro atoms. The molecular formula is C17H16FN3. The number of fused-ring (bicyclic) bond motifs is 1. The van der Waals surface area contributed by atoms with Crippen molar-refractivity contribution in [3.05, 3.63) is 77.2 Å². The summed E-state index contributed by atoms with van der Waals surface area (Å²) in [6, 6.07) is 14.5. The number of hydrazine groups is 1. The average Bonchev–Trinajstić information content (AvgIpc) is 2.50. The van der Waals surface area contributed by atoms with Gasteiger partial charge in [-0.15, -0.1) is 0 Å². The Bertz CT molecular complexity index is 786. The summed E-state index contributed by atoms with van der Waals surface area (Å²) in [5.74, 6) is 5.48. The topological polar surface area (TPSA) is 50.9 Å². The molecule has 3 rings (SSSR count). The van der Waals surface area contributed by atoms with Crippen molar-refractivity contribution in [3.8, 4) is 0 Å². The van der Waals surface area contributed by atoms with Crippen molar-refractivity contribution in [1.82, 2.24) is 10.4 Å². The molecule has 21 heavy (non-hydrogen) atoms. The van der Waals surface area contributed by atoms with Crippen LogP contribution in [0.3, 0.4) is 0 Å². The van der Waals surface area contributed by atoms with E-state index in [0.29, 0.717) is 0 Å². The molecule has 0 aliphatic rings. The highest BCUT2D eigenvalue weighted by atomic mass is 19.1. The van der Waals surface area contributed by atoms with Gasteiger partial charge in [0.1, 0.15) is 5.82 Å². The number of nitrogens with zero attached hydrogens (tertiary/aromatic N) is 1. The zero-order chi connectivity index (χ0) is 14.8. The number of benzene rings is 2. The number of pyridine rings is 1. The number of nitrogens with two attached hydrogens (primary N) is 1. The fourth-order valence-electron chi connectivity index (χ4n) is 2.59. The third-order valence-corrected chi connectivity index (χ3v) is 3.67. The van der Waals surface area contributed by atoms with Gasteiger partial charge in [0.15, 0.2) is 0 Å². The molecule has 1 unspecified atom stereocenters. The van der Waals surface area contributed by atoms with E-state index in [0.717, 1.165) is 27.6 Å². The smallest absolute Gasteiger partial charge is 0.123 e. The molecular weight excluding hydrogens is 265 g/mol. The minimum atomic E-state index is -0.243. The van der Waals surface area contributed by atoms with Crippen molar-refractivity contribution in [1.29, 1.82) is 0 Å². The molecule has 0 radical (unpaired) electrons. The maximum Gasteiger partial charge on any atom is 0.123 e. The molecule has 0 fully saturated rings. The van der Waals surface area contributed by atoms with Gasteiger partial charge in [-0.2, -0.15) is 0 Å². The number of hydrogen-bond donors (Lipinski definition) is 2. The molecule has 3 N–H and O–H groups in total. The number of nitrogens with one attached hydrogen (secondary N) is 1. The van der Waals surface area contributed by atoms with Gasteiger partial charge in [-0.25, -0.2) is 9.82 Å². The van der Waals surface area contributed by atoms with Crippen LogP contribution in [0.2, 0.25) is 0 Å². The van der Waals surface area contributed by atoms with Gasteiger partial charge >= 0.3 is 0 Å². The minimum absolute atomic E-state index is 0.197. The van der Waals surface area contributed by atoms with Crippen LogP contribution in [0.1, 0.15) is 22.7 Å². The van der Waals surface area contributed by atoms with Crippen molar-refractivity contribution in [2.45, 2.75) is 13.0 Å². The predicted molar refractivity (Wildman–Crippen MR) is 82.0 cm³/mol. The van der Waals surface area contributed by atoms with Gasteiger partial charge in [-0.05, 0) is 47.9 Å². The summed E-state index contributed by atoms with van der Waals surface area (Å²) in [6.07, 6.45) is 1.76. The van der Waals surface area contributed by atoms with Gasteiger partial charge in [0.2, 0.25) is 0 Å². The number of rotatable bonds is 3. The molecule has 0 aliphatic carbocycles. The zero-order valence-electron chi connectivity index (χ0n) is 11.7. The van der Waals surface area contributed by atoms with Crippen LogP contribution in [0, 0.1) is 12.7 Å². The maximum absolute atomic E-state index is 13.3. The van der Waals surface area contributed by atoms with E-state index in [9.17, 15) is 4.39 Å². The van der Waals surface area contributed by atoms with Crippen molar-refractivity contribution in [2.75, 3.05) is 0 Å². The fraction of sp³-hybridized carbons (Fsp3) is 0.118. The first-order valence-electron chi connectivity index (χ1n) is 6.76. The number of aryl methyl sites for hydroxylation is 1. The Morgan fingerprint density at radius 3 is 2.76 bits per heavy atom. The minimum Gasteiger partial charge on any atom is -0.271 e. The summed E-state index contributed by atoms with van der Waals surface area (Å²) in [4.78, 5) is 4.36. The Labute approximate surface area is 122 Å². The fourth-order valence-corrected chi connectivity index (χ4v) is 2.59. The molecule has 3 aromatic rings. The zero-order valence-corrected chi connectivity index (χ0v) is 11.7. The molecule has 0 bridgehead atoms. The molecule has 0 aliphatic heterocycles. The first-order valence-corrected chi connectivity index (χ1v) is 6.76. The maximum atomic E-state index is 13.3. The molecule has 1 atom stereocenters. The lowest BCUT2D eigenvalue weighted by atomic mass is 9.94. The van der Waals surface area contributed by atoms with Crippen molar-refractivity contribution >= 4 is 10.9 Å². The highest BCUT2D eigenvalue weighted by Gasteiger charge is 2.15. The number of hydrogen-bond acceptors (Lipinski definition) is 3. The summed E-state index contributed by atoms with van der Waals surface area (Å²) in [6.45, 7) is 1.88. The van der Waals surface area contributed by atoms with Gasteiger partial charge in [0.05, 0.1) is 11.6 Å². The van der Waals surface area contributed by atoms with E-state index >= 15 is 0 Å². The third kappa shape index (κ3) is 2.63. The quantitative estimate of drug-likeness (QED) is 0.572. The van der Waals surface area contributed by atoms with Crippen molar-refractivity contribution < 1.29 is 4.39 Å². The van der Waals surface area contributed by atoms with Gasteiger partial charge in [-0.1, -0.05) is 24.3 Å². The Balaban J connectivity index is 2.09. The molecule has 0 saturated carbocycles. The largest absolute Gasteiger partial charge is 0.271 e. The second-order valence-corrected chi connectivity index (χ2v) is 5.06. The Morgan fingerprint density at radius 1 is 1.14 bits per heavy atom. The molecule has 1 aromatic heterocycles. The van der Waals surface area contributed by atoms with E-state index < -0.39 is 0 Å². The van der Waals surface area contributed by atoms with Gasteiger partial charge in [0.25, 0.3) is 0 Å². The molecule has 3 nitrogen and oxygen atoms in total. The van der Waals surface area contributed by atoms with Crippen molar-refractivity contribution in [2.24, 2.45) is 5.84 Å². The molecule has 2 aromatic carbocycles. The number of aromatic nitrogens is 1. The lowest BCUT2D eigenvalue weighted by Crippen LogP contribution is -2.29. The Hall–Kier alpha value is -2.30. The average molecular weight is 281 g/mol. The lowest BCUT2D eigenvalue weighted by Gasteiger charge is -2.19. The van der Waals surface area contributed by atoms with E-state index in [1.807, 2.05) is 37.3 Å². The highest BCUT2D eigenvalue weighted by Crippen LogP contribution is 2.26. The van der Waals surface area contributed by atoms with Crippen LogP contribution in [0.4, 0.5) is 4.39 Å².